The van der Waals surface area contributed by atoms with E-state index in [-0.39, 0.29) is 6.61 Å². The molecular formula is C15H18BrCl3O10. The van der Waals surface area contributed by atoms with Gasteiger partial charge in [-0.15, -0.1) is 0 Å². The van der Waals surface area contributed by atoms with Crippen molar-refractivity contribution in [3.8, 4) is 0 Å². The average molecular weight is 545 g/mol. The number of carbonyl (C=O) groups excluding carboxylic acids is 4. The van der Waals surface area contributed by atoms with Crippen molar-refractivity contribution >= 4 is 74.8 Å². The summed E-state index contributed by atoms with van der Waals surface area (Å²) in [6, 6.07) is 0. The van der Waals surface area contributed by atoms with E-state index in [1.165, 1.54) is 6.92 Å². The van der Waals surface area contributed by atoms with E-state index in [0.717, 1.165) is 13.8 Å². The van der Waals surface area contributed by atoms with E-state index in [4.69, 9.17) is 58.5 Å². The number of esters is 3. The first-order valence-corrected chi connectivity index (χ1v) is 10.0. The molecule has 1 rings (SSSR count). The Morgan fingerprint density at radius 1 is 0.862 bits per heavy atom. The summed E-state index contributed by atoms with van der Waals surface area (Å²) in [4.78, 5) is 46.2. The highest BCUT2D eigenvalue weighted by atomic mass is 79.9. The van der Waals surface area contributed by atoms with Gasteiger partial charge in [0.05, 0.1) is 0 Å². The Morgan fingerprint density at radius 2 is 1.41 bits per heavy atom. The van der Waals surface area contributed by atoms with E-state index in [1.54, 1.807) is 0 Å². The summed E-state index contributed by atoms with van der Waals surface area (Å²) in [6.07, 6.45) is -6.20. The fourth-order valence-corrected chi connectivity index (χ4v) is 3.12. The number of hydrogen-bond acceptors (Lipinski definition) is 10. The summed E-state index contributed by atoms with van der Waals surface area (Å²) in [5.74, 6) is -2.11. The average Bonchev–Trinajstić information content (AvgIpc) is 2.55. The summed E-state index contributed by atoms with van der Waals surface area (Å²) in [7, 11) is 0. The Labute approximate surface area is 189 Å². The van der Waals surface area contributed by atoms with Crippen LogP contribution in [-0.2, 0) is 42.8 Å². The molecule has 0 aromatic rings. The van der Waals surface area contributed by atoms with Gasteiger partial charge in [-0.1, -0.05) is 50.7 Å². The molecule has 1 saturated heterocycles. The van der Waals surface area contributed by atoms with Gasteiger partial charge in [-0.25, -0.2) is 4.79 Å². The molecule has 0 radical (unpaired) electrons. The van der Waals surface area contributed by atoms with Gasteiger partial charge < -0.3 is 28.4 Å². The highest BCUT2D eigenvalue weighted by Crippen LogP contribution is 2.32. The van der Waals surface area contributed by atoms with E-state index in [9.17, 15) is 19.2 Å². The maximum Gasteiger partial charge on any atom is 0.508 e. The lowest BCUT2D eigenvalue weighted by molar-refractivity contribution is -0.232. The fourth-order valence-electron chi connectivity index (χ4n) is 2.27. The van der Waals surface area contributed by atoms with Crippen LogP contribution in [0.3, 0.4) is 0 Å². The molecule has 14 heteroatoms. The first-order valence-electron chi connectivity index (χ1n) is 7.97. The zero-order valence-corrected chi connectivity index (χ0v) is 19.2. The van der Waals surface area contributed by atoms with Crippen LogP contribution in [0.2, 0.25) is 0 Å². The summed E-state index contributed by atoms with van der Waals surface area (Å²) >= 11 is 19.6. The monoisotopic (exact) mass is 542 g/mol. The Balaban J connectivity index is 3.06. The number of rotatable bonds is 6. The van der Waals surface area contributed by atoms with Gasteiger partial charge in [-0.05, 0) is 0 Å². The quantitative estimate of drug-likeness (QED) is 0.280. The third-order valence-electron chi connectivity index (χ3n) is 3.22. The predicted molar refractivity (Wildman–Crippen MR) is 102 cm³/mol. The Bertz CT molecular complexity index is 626. The molecule has 166 valence electrons. The molecule has 0 spiro atoms. The lowest BCUT2D eigenvalue weighted by Crippen LogP contribution is -2.61. The second-order valence-electron chi connectivity index (χ2n) is 5.71. The number of ether oxygens (including phenoxy) is 6. The molecule has 0 aliphatic carbocycles. The van der Waals surface area contributed by atoms with Gasteiger partial charge in [-0.3, -0.25) is 14.4 Å². The van der Waals surface area contributed by atoms with Crippen molar-refractivity contribution in [3.63, 3.8) is 0 Å². The molecule has 10 nitrogen and oxygen atoms in total. The predicted octanol–water partition coefficient (Wildman–Crippen LogP) is 2.42. The molecule has 1 aliphatic rings. The lowest BCUT2D eigenvalue weighted by Gasteiger charge is -2.42. The Hall–Kier alpha value is -1.01. The van der Waals surface area contributed by atoms with Crippen LogP contribution in [0.15, 0.2) is 0 Å². The second-order valence-corrected chi connectivity index (χ2v) is 9.13. The van der Waals surface area contributed by atoms with Crippen LogP contribution in [-0.4, -0.2) is 70.5 Å². The van der Waals surface area contributed by atoms with Crippen LogP contribution in [0.1, 0.15) is 20.8 Å². The molecule has 0 saturated carbocycles. The molecule has 0 unspecified atom stereocenters. The SMILES string of the molecule is CC(=O)OC[C@H]1O[C@H](Br)[C@H](OC(=O)OCC(Cl)(Cl)Cl)[C@@H](OC(C)=O)[C@@H]1OC(C)=O. The summed E-state index contributed by atoms with van der Waals surface area (Å²) < 4.78 is 28.8. The maximum absolute atomic E-state index is 11.9. The minimum atomic E-state index is -1.87. The van der Waals surface area contributed by atoms with Crippen molar-refractivity contribution < 1.29 is 47.6 Å². The van der Waals surface area contributed by atoms with Gasteiger partial charge in [-0.2, -0.15) is 0 Å². The van der Waals surface area contributed by atoms with Gasteiger partial charge in [0.15, 0.2) is 23.3 Å². The van der Waals surface area contributed by atoms with Crippen LogP contribution in [0.4, 0.5) is 4.79 Å². The first-order chi connectivity index (χ1) is 13.3. The van der Waals surface area contributed by atoms with E-state index < -0.39 is 63.9 Å². The molecule has 0 aromatic heterocycles. The minimum Gasteiger partial charge on any atom is -0.463 e. The highest BCUT2D eigenvalue weighted by molar-refractivity contribution is 9.09. The summed E-state index contributed by atoms with van der Waals surface area (Å²) in [6.45, 7) is 2.45. The number of hydrogen-bond donors (Lipinski definition) is 0. The van der Waals surface area contributed by atoms with Crippen molar-refractivity contribution in [1.82, 2.24) is 0 Å². The van der Waals surface area contributed by atoms with E-state index in [1.807, 2.05) is 0 Å². The summed E-state index contributed by atoms with van der Waals surface area (Å²) in [5.41, 5.74) is 0. The Kier molecular flexibility index (Phi) is 10.2. The normalized spacial score (nSPS) is 26.8. The molecule has 1 fully saturated rings. The van der Waals surface area contributed by atoms with Crippen molar-refractivity contribution in [1.29, 1.82) is 0 Å². The molecule has 0 aromatic carbocycles. The number of carbonyl (C=O) groups is 4. The van der Waals surface area contributed by atoms with Gasteiger partial charge in [0.25, 0.3) is 0 Å². The topological polar surface area (TPSA) is 124 Å². The molecule has 0 N–H and O–H groups in total. The molecule has 1 heterocycles. The molecule has 29 heavy (non-hydrogen) atoms. The molecule has 0 amide bonds. The lowest BCUT2D eigenvalue weighted by atomic mass is 9.99. The van der Waals surface area contributed by atoms with Gasteiger partial charge in [0.2, 0.25) is 3.79 Å². The minimum absolute atomic E-state index is 0.322. The van der Waals surface area contributed by atoms with Crippen molar-refractivity contribution in [2.45, 2.75) is 54.0 Å². The van der Waals surface area contributed by atoms with Crippen molar-refractivity contribution in [3.05, 3.63) is 0 Å². The molecule has 5 atom stereocenters. The van der Waals surface area contributed by atoms with Crippen LogP contribution in [0, 0.1) is 0 Å². The zero-order chi connectivity index (χ0) is 22.4. The number of halogens is 4. The summed E-state index contributed by atoms with van der Waals surface area (Å²) in [5, 5.41) is -1.06. The molecular weight excluding hydrogens is 526 g/mol. The maximum atomic E-state index is 11.9. The first kappa shape index (κ1) is 26.0. The zero-order valence-electron chi connectivity index (χ0n) is 15.4. The van der Waals surface area contributed by atoms with Crippen LogP contribution in [0.5, 0.6) is 0 Å². The third kappa shape index (κ3) is 9.56. The van der Waals surface area contributed by atoms with Crippen LogP contribution >= 0.6 is 50.7 Å². The largest absolute Gasteiger partial charge is 0.508 e. The molecule has 1 aliphatic heterocycles. The molecule has 0 bridgehead atoms. The highest BCUT2D eigenvalue weighted by Gasteiger charge is 2.52. The van der Waals surface area contributed by atoms with E-state index in [2.05, 4.69) is 20.7 Å². The van der Waals surface area contributed by atoms with Gasteiger partial charge >= 0.3 is 24.1 Å². The van der Waals surface area contributed by atoms with Crippen LogP contribution < -0.4 is 0 Å². The van der Waals surface area contributed by atoms with Gasteiger partial charge in [0, 0.05) is 20.8 Å². The van der Waals surface area contributed by atoms with E-state index in [0.29, 0.717) is 0 Å². The van der Waals surface area contributed by atoms with E-state index >= 15 is 0 Å². The van der Waals surface area contributed by atoms with Crippen molar-refractivity contribution in [2.24, 2.45) is 0 Å². The standard InChI is InChI=1S/C15H18BrCl3O10/c1-6(20)24-4-9-10(26-7(2)21)11(27-8(3)22)12(13(16)28-9)29-14(23)25-5-15(17,18)19/h9-13H,4-5H2,1-3H3/t9-,10-,11+,12-,13+/m1/s1. The number of alkyl halides is 4. The Morgan fingerprint density at radius 3 is 1.90 bits per heavy atom. The fraction of sp³-hybridized carbons (Fsp3) is 0.733. The smallest absolute Gasteiger partial charge is 0.463 e. The van der Waals surface area contributed by atoms with Crippen LogP contribution in [0.25, 0.3) is 0 Å². The van der Waals surface area contributed by atoms with Crippen molar-refractivity contribution in [2.75, 3.05) is 13.2 Å². The van der Waals surface area contributed by atoms with Gasteiger partial charge in [0.1, 0.15) is 19.3 Å². The third-order valence-corrected chi connectivity index (χ3v) is 4.28. The second kappa shape index (κ2) is 11.4.